The van der Waals surface area contributed by atoms with E-state index in [-0.39, 0.29) is 6.42 Å². The van der Waals surface area contributed by atoms with Crippen molar-refractivity contribution in [2.75, 3.05) is 0 Å². The van der Waals surface area contributed by atoms with Crippen molar-refractivity contribution in [3.63, 3.8) is 0 Å². The molecule has 1 aromatic rings. The van der Waals surface area contributed by atoms with E-state index in [4.69, 9.17) is 5.11 Å². The minimum atomic E-state index is -1.30. The molecule has 0 bridgehead atoms. The van der Waals surface area contributed by atoms with E-state index in [9.17, 15) is 14.7 Å². The van der Waals surface area contributed by atoms with E-state index in [0.717, 1.165) is 0 Å². The molecule has 0 radical (unpaired) electrons. The maximum atomic E-state index is 12.0. The van der Waals surface area contributed by atoms with Crippen molar-refractivity contribution >= 4 is 11.9 Å². The van der Waals surface area contributed by atoms with Gasteiger partial charge in [-0.3, -0.25) is 9.59 Å². The van der Waals surface area contributed by atoms with Gasteiger partial charge in [0.05, 0.1) is 6.42 Å². The molecule has 2 unspecified atom stereocenters. The van der Waals surface area contributed by atoms with Crippen LogP contribution >= 0.6 is 0 Å². The van der Waals surface area contributed by atoms with E-state index in [2.05, 4.69) is 5.32 Å². The molecule has 0 heterocycles. The Bertz CT molecular complexity index is 465. The topological polar surface area (TPSA) is 86.6 Å². The third kappa shape index (κ3) is 4.66. The fraction of sp³-hybridized carbons (Fsp3) is 0.467. The normalized spacial score (nSPS) is 14.4. The number of hydrogen-bond donors (Lipinski definition) is 3. The van der Waals surface area contributed by atoms with Crippen molar-refractivity contribution in [2.45, 2.75) is 39.3 Å². The summed E-state index contributed by atoms with van der Waals surface area (Å²) in [5.41, 5.74) is 0.0674. The molecule has 1 rings (SSSR count). The number of aliphatic carboxylic acids is 1. The third-order valence-electron chi connectivity index (χ3n) is 3.10. The van der Waals surface area contributed by atoms with Crippen LogP contribution in [0.1, 0.15) is 38.9 Å². The van der Waals surface area contributed by atoms with Crippen molar-refractivity contribution in [2.24, 2.45) is 5.41 Å². The van der Waals surface area contributed by atoms with E-state index in [1.165, 1.54) is 0 Å². The average molecular weight is 279 g/mol. The summed E-state index contributed by atoms with van der Waals surface area (Å²) in [5.74, 6) is -1.57. The number of carboxylic acid groups (broad SMARTS) is 1. The number of hydrogen-bond acceptors (Lipinski definition) is 3. The standard InChI is InChI=1S/C15H21NO4/c1-15(2,3)11(9-12(17)18)16-14(20)13(19)10-7-5-4-6-8-10/h4-8,11,13,19H,9H2,1-3H3,(H,16,20)(H,17,18). The summed E-state index contributed by atoms with van der Waals surface area (Å²) < 4.78 is 0. The molecule has 20 heavy (non-hydrogen) atoms. The van der Waals surface area contributed by atoms with Gasteiger partial charge in [0.25, 0.3) is 5.91 Å². The van der Waals surface area contributed by atoms with Crippen LogP contribution in [0, 0.1) is 5.41 Å². The number of carbonyl (C=O) groups is 2. The second-order valence-electron chi connectivity index (χ2n) is 5.84. The monoisotopic (exact) mass is 279 g/mol. The van der Waals surface area contributed by atoms with Crippen LogP contribution in [0.4, 0.5) is 0 Å². The lowest BCUT2D eigenvalue weighted by atomic mass is 9.84. The molecule has 5 nitrogen and oxygen atoms in total. The van der Waals surface area contributed by atoms with Gasteiger partial charge in [0.15, 0.2) is 6.10 Å². The molecular formula is C15H21NO4. The molecule has 0 saturated heterocycles. The van der Waals surface area contributed by atoms with Gasteiger partial charge in [-0.05, 0) is 11.0 Å². The maximum absolute atomic E-state index is 12.0. The van der Waals surface area contributed by atoms with E-state index in [1.54, 1.807) is 30.3 Å². The number of carboxylic acids is 1. The Balaban J connectivity index is 2.78. The second kappa shape index (κ2) is 6.52. The van der Waals surface area contributed by atoms with Gasteiger partial charge in [0.1, 0.15) is 0 Å². The smallest absolute Gasteiger partial charge is 0.305 e. The molecule has 1 aromatic carbocycles. The van der Waals surface area contributed by atoms with E-state index in [1.807, 2.05) is 20.8 Å². The minimum Gasteiger partial charge on any atom is -0.481 e. The number of benzene rings is 1. The van der Waals surface area contributed by atoms with Gasteiger partial charge in [-0.25, -0.2) is 0 Å². The summed E-state index contributed by atoms with van der Waals surface area (Å²) in [6, 6.07) is 7.98. The summed E-state index contributed by atoms with van der Waals surface area (Å²) >= 11 is 0. The quantitative estimate of drug-likeness (QED) is 0.766. The predicted octanol–water partition coefficient (Wildman–Crippen LogP) is 1.73. The molecule has 5 heteroatoms. The predicted molar refractivity (Wildman–Crippen MR) is 75.0 cm³/mol. The van der Waals surface area contributed by atoms with Crippen LogP contribution in [0.5, 0.6) is 0 Å². The molecule has 3 N–H and O–H groups in total. The van der Waals surface area contributed by atoms with Gasteiger partial charge in [-0.2, -0.15) is 0 Å². The lowest BCUT2D eigenvalue weighted by Crippen LogP contribution is -2.46. The van der Waals surface area contributed by atoms with Gasteiger partial charge in [-0.1, -0.05) is 51.1 Å². The Hall–Kier alpha value is -1.88. The van der Waals surface area contributed by atoms with Crippen LogP contribution in [-0.2, 0) is 9.59 Å². The Morgan fingerprint density at radius 3 is 2.20 bits per heavy atom. The van der Waals surface area contributed by atoms with Crippen LogP contribution in [0.25, 0.3) is 0 Å². The first-order valence-electron chi connectivity index (χ1n) is 6.47. The van der Waals surface area contributed by atoms with Crippen LogP contribution < -0.4 is 5.32 Å². The highest BCUT2D eigenvalue weighted by Gasteiger charge is 2.30. The van der Waals surface area contributed by atoms with Crippen LogP contribution in [0.2, 0.25) is 0 Å². The summed E-state index contributed by atoms with van der Waals surface area (Å²) in [6.45, 7) is 5.53. The number of aliphatic hydroxyl groups is 1. The summed E-state index contributed by atoms with van der Waals surface area (Å²) in [4.78, 5) is 22.9. The molecule has 0 aliphatic rings. The van der Waals surface area contributed by atoms with Crippen molar-refractivity contribution in [1.82, 2.24) is 5.32 Å². The average Bonchev–Trinajstić information content (AvgIpc) is 2.36. The second-order valence-corrected chi connectivity index (χ2v) is 5.84. The first kappa shape index (κ1) is 16.2. The lowest BCUT2D eigenvalue weighted by Gasteiger charge is -2.31. The van der Waals surface area contributed by atoms with Gasteiger partial charge in [0.2, 0.25) is 0 Å². The largest absolute Gasteiger partial charge is 0.481 e. The number of aliphatic hydroxyl groups excluding tert-OH is 1. The molecule has 0 fully saturated rings. The highest BCUT2D eigenvalue weighted by atomic mass is 16.4. The van der Waals surface area contributed by atoms with Crippen molar-refractivity contribution < 1.29 is 19.8 Å². The zero-order valence-corrected chi connectivity index (χ0v) is 12.0. The van der Waals surface area contributed by atoms with Gasteiger partial charge >= 0.3 is 5.97 Å². The summed E-state index contributed by atoms with van der Waals surface area (Å²) in [6.07, 6.45) is -1.48. The minimum absolute atomic E-state index is 0.184. The van der Waals surface area contributed by atoms with E-state index in [0.29, 0.717) is 5.56 Å². The van der Waals surface area contributed by atoms with Crippen LogP contribution in [0.3, 0.4) is 0 Å². The highest BCUT2D eigenvalue weighted by Crippen LogP contribution is 2.23. The zero-order valence-electron chi connectivity index (χ0n) is 12.0. The van der Waals surface area contributed by atoms with Crippen LogP contribution in [-0.4, -0.2) is 28.1 Å². The fourth-order valence-electron chi connectivity index (χ4n) is 1.79. The van der Waals surface area contributed by atoms with Gasteiger partial charge < -0.3 is 15.5 Å². The fourth-order valence-corrected chi connectivity index (χ4v) is 1.79. The maximum Gasteiger partial charge on any atom is 0.305 e. The molecule has 0 spiro atoms. The summed E-state index contributed by atoms with van der Waals surface area (Å²) in [5, 5.41) is 21.5. The Kier molecular flexibility index (Phi) is 5.27. The van der Waals surface area contributed by atoms with Crippen molar-refractivity contribution in [3.05, 3.63) is 35.9 Å². The molecule has 2 atom stereocenters. The molecule has 0 aromatic heterocycles. The number of amides is 1. The van der Waals surface area contributed by atoms with Gasteiger partial charge in [0, 0.05) is 6.04 Å². The highest BCUT2D eigenvalue weighted by molar-refractivity contribution is 5.82. The molecule has 1 amide bonds. The Morgan fingerprint density at radius 2 is 1.75 bits per heavy atom. The molecular weight excluding hydrogens is 258 g/mol. The first-order valence-corrected chi connectivity index (χ1v) is 6.47. The van der Waals surface area contributed by atoms with E-state index < -0.39 is 29.4 Å². The molecule has 0 aliphatic carbocycles. The number of carbonyl (C=O) groups excluding carboxylic acids is 1. The first-order chi connectivity index (χ1) is 9.21. The summed E-state index contributed by atoms with van der Waals surface area (Å²) in [7, 11) is 0. The molecule has 0 aliphatic heterocycles. The van der Waals surface area contributed by atoms with Gasteiger partial charge in [-0.15, -0.1) is 0 Å². The molecule has 110 valence electrons. The third-order valence-corrected chi connectivity index (χ3v) is 3.10. The zero-order chi connectivity index (χ0) is 15.3. The van der Waals surface area contributed by atoms with E-state index >= 15 is 0 Å². The van der Waals surface area contributed by atoms with Crippen LogP contribution in [0.15, 0.2) is 30.3 Å². The number of nitrogens with one attached hydrogen (secondary N) is 1. The Labute approximate surface area is 118 Å². The van der Waals surface area contributed by atoms with Crippen molar-refractivity contribution in [3.8, 4) is 0 Å². The molecule has 0 saturated carbocycles. The van der Waals surface area contributed by atoms with Crippen molar-refractivity contribution in [1.29, 1.82) is 0 Å². The lowest BCUT2D eigenvalue weighted by molar-refractivity contribution is -0.139. The number of rotatable bonds is 5. The SMILES string of the molecule is CC(C)(C)C(CC(=O)O)NC(=O)C(O)c1ccccc1. The Morgan fingerprint density at radius 1 is 1.20 bits per heavy atom.